The maximum atomic E-state index is 5.88. The topological polar surface area (TPSA) is 63.8 Å². The van der Waals surface area contributed by atoms with E-state index in [1.54, 1.807) is 0 Å². The van der Waals surface area contributed by atoms with Crippen molar-refractivity contribution in [2.24, 2.45) is 0 Å². The summed E-state index contributed by atoms with van der Waals surface area (Å²) in [6, 6.07) is 5.97. The van der Waals surface area contributed by atoms with Gasteiger partial charge in [-0.2, -0.15) is 4.37 Å². The Morgan fingerprint density at radius 2 is 2.22 bits per heavy atom. The molecule has 0 atom stereocenters. The average Bonchev–Trinajstić information content (AvgIpc) is 2.79. The lowest BCUT2D eigenvalue weighted by molar-refractivity contribution is 0.861. The summed E-state index contributed by atoms with van der Waals surface area (Å²) in [6.45, 7) is 4.90. The third kappa shape index (κ3) is 2.98. The summed E-state index contributed by atoms with van der Waals surface area (Å²) in [5, 5.41) is 4.17. The highest BCUT2D eigenvalue weighted by Crippen LogP contribution is 2.18. The van der Waals surface area contributed by atoms with Gasteiger partial charge in [0.1, 0.15) is 5.82 Å². The maximum Gasteiger partial charge on any atom is 0.202 e. The average molecular weight is 262 g/mol. The first-order chi connectivity index (χ1) is 8.70. The minimum absolute atomic E-state index is 0.734. The zero-order valence-electron chi connectivity index (χ0n) is 10.7. The minimum atomic E-state index is 0.734. The quantitative estimate of drug-likeness (QED) is 0.813. The summed E-state index contributed by atoms with van der Waals surface area (Å²) >= 11 is 1.42. The summed E-state index contributed by atoms with van der Waals surface area (Å²) in [5.41, 5.74) is 9.04. The third-order valence-corrected chi connectivity index (χ3v) is 3.57. The first-order valence-corrected chi connectivity index (χ1v) is 6.88. The molecule has 0 spiro atoms. The van der Waals surface area contributed by atoms with Gasteiger partial charge in [0.25, 0.3) is 0 Å². The Hall–Kier alpha value is -1.62. The zero-order valence-corrected chi connectivity index (χ0v) is 11.5. The monoisotopic (exact) mass is 262 g/mol. The second kappa shape index (κ2) is 5.82. The van der Waals surface area contributed by atoms with Gasteiger partial charge in [0.2, 0.25) is 5.13 Å². The van der Waals surface area contributed by atoms with Crippen molar-refractivity contribution in [1.29, 1.82) is 0 Å². The van der Waals surface area contributed by atoms with Crippen molar-refractivity contribution < 1.29 is 0 Å². The number of nitrogens with zero attached hydrogens (tertiary/aromatic N) is 2. The predicted octanol–water partition coefficient (Wildman–Crippen LogP) is 2.99. The fourth-order valence-electron chi connectivity index (χ4n) is 1.72. The highest BCUT2D eigenvalue weighted by atomic mass is 32.1. The van der Waals surface area contributed by atoms with E-state index in [-0.39, 0.29) is 0 Å². The molecule has 96 valence electrons. The smallest absolute Gasteiger partial charge is 0.202 e. The van der Waals surface area contributed by atoms with E-state index in [2.05, 4.69) is 27.7 Å². The molecule has 0 saturated heterocycles. The van der Waals surface area contributed by atoms with Crippen molar-refractivity contribution >= 4 is 22.4 Å². The number of rotatable bonds is 5. The molecule has 0 aliphatic carbocycles. The minimum Gasteiger partial charge on any atom is -0.399 e. The van der Waals surface area contributed by atoms with Crippen molar-refractivity contribution in [1.82, 2.24) is 9.36 Å². The number of hydrogen-bond acceptors (Lipinski definition) is 5. The van der Waals surface area contributed by atoms with Crippen molar-refractivity contribution in [2.75, 3.05) is 11.1 Å². The molecule has 1 aromatic heterocycles. The van der Waals surface area contributed by atoms with Gasteiger partial charge in [-0.05, 0) is 30.5 Å². The second-order valence-corrected chi connectivity index (χ2v) is 5.00. The SMILES string of the molecule is CCCc1nsc(NCc2cccc(N)c2C)n1. The van der Waals surface area contributed by atoms with Crippen LogP contribution in [-0.4, -0.2) is 9.36 Å². The molecule has 0 radical (unpaired) electrons. The van der Waals surface area contributed by atoms with Gasteiger partial charge in [-0.25, -0.2) is 4.98 Å². The van der Waals surface area contributed by atoms with Crippen LogP contribution in [0.2, 0.25) is 0 Å². The second-order valence-electron chi connectivity index (χ2n) is 4.25. The number of aryl methyl sites for hydroxylation is 1. The van der Waals surface area contributed by atoms with E-state index >= 15 is 0 Å². The van der Waals surface area contributed by atoms with Crippen LogP contribution in [0.1, 0.15) is 30.3 Å². The summed E-state index contributed by atoms with van der Waals surface area (Å²) in [5.74, 6) is 0.925. The lowest BCUT2D eigenvalue weighted by Crippen LogP contribution is -2.03. The summed E-state index contributed by atoms with van der Waals surface area (Å²) in [4.78, 5) is 4.43. The number of aromatic nitrogens is 2. The summed E-state index contributed by atoms with van der Waals surface area (Å²) < 4.78 is 4.30. The van der Waals surface area contributed by atoms with Crippen LogP contribution in [0.4, 0.5) is 10.8 Å². The molecular formula is C13H18N4S. The van der Waals surface area contributed by atoms with Gasteiger partial charge in [-0.15, -0.1) is 0 Å². The number of anilines is 2. The predicted molar refractivity (Wildman–Crippen MR) is 76.8 cm³/mol. The Kier molecular flexibility index (Phi) is 4.15. The van der Waals surface area contributed by atoms with Gasteiger partial charge in [0, 0.05) is 30.2 Å². The highest BCUT2D eigenvalue weighted by molar-refractivity contribution is 7.09. The zero-order chi connectivity index (χ0) is 13.0. The molecular weight excluding hydrogens is 244 g/mol. The van der Waals surface area contributed by atoms with Gasteiger partial charge in [-0.1, -0.05) is 19.1 Å². The molecule has 1 heterocycles. The van der Waals surface area contributed by atoms with E-state index < -0.39 is 0 Å². The van der Waals surface area contributed by atoms with Crippen LogP contribution < -0.4 is 11.1 Å². The molecule has 4 nitrogen and oxygen atoms in total. The maximum absolute atomic E-state index is 5.88. The van der Waals surface area contributed by atoms with Crippen molar-refractivity contribution in [2.45, 2.75) is 33.2 Å². The first-order valence-electron chi connectivity index (χ1n) is 6.11. The first kappa shape index (κ1) is 12.8. The lowest BCUT2D eigenvalue weighted by Gasteiger charge is -2.08. The number of nitrogens with one attached hydrogen (secondary N) is 1. The standard InChI is InChI=1S/C13H18N4S/c1-3-5-12-16-13(18-17-12)15-8-10-6-4-7-11(14)9(10)2/h4,6-7H,3,5,8,14H2,1-2H3,(H,15,16,17). The van der Waals surface area contributed by atoms with Gasteiger partial charge in [-0.3, -0.25) is 0 Å². The number of hydrogen-bond donors (Lipinski definition) is 2. The van der Waals surface area contributed by atoms with Crippen LogP contribution in [0, 0.1) is 6.92 Å². The molecule has 3 N–H and O–H groups in total. The molecule has 18 heavy (non-hydrogen) atoms. The van der Waals surface area contributed by atoms with E-state index in [0.29, 0.717) is 0 Å². The van der Waals surface area contributed by atoms with Gasteiger partial charge in [0.05, 0.1) is 0 Å². The van der Waals surface area contributed by atoms with Crippen LogP contribution >= 0.6 is 11.5 Å². The molecule has 2 rings (SSSR count). The Labute approximate surface area is 111 Å². The molecule has 2 aromatic rings. The van der Waals surface area contributed by atoms with Gasteiger partial charge in [0.15, 0.2) is 0 Å². The van der Waals surface area contributed by atoms with E-state index in [0.717, 1.165) is 41.6 Å². The molecule has 0 saturated carbocycles. The molecule has 0 bridgehead atoms. The third-order valence-electron chi connectivity index (χ3n) is 2.86. The van der Waals surface area contributed by atoms with E-state index in [1.165, 1.54) is 17.1 Å². The number of benzene rings is 1. The molecule has 0 aliphatic rings. The Balaban J connectivity index is 2.00. The van der Waals surface area contributed by atoms with E-state index in [4.69, 9.17) is 5.73 Å². The number of nitrogens with two attached hydrogens (primary N) is 1. The summed E-state index contributed by atoms with van der Waals surface area (Å²) in [7, 11) is 0. The van der Waals surface area contributed by atoms with E-state index in [9.17, 15) is 0 Å². The van der Waals surface area contributed by atoms with Crippen LogP contribution in [0.3, 0.4) is 0 Å². The molecule has 0 aliphatic heterocycles. The highest BCUT2D eigenvalue weighted by Gasteiger charge is 2.05. The Bertz CT molecular complexity index is 521. The lowest BCUT2D eigenvalue weighted by atomic mass is 10.1. The largest absolute Gasteiger partial charge is 0.399 e. The fraction of sp³-hybridized carbons (Fsp3) is 0.385. The van der Waals surface area contributed by atoms with E-state index in [1.807, 2.05) is 19.1 Å². The normalized spacial score (nSPS) is 10.6. The molecule has 5 heteroatoms. The molecule has 0 fully saturated rings. The van der Waals surface area contributed by atoms with Crippen molar-refractivity contribution in [3.05, 3.63) is 35.2 Å². The van der Waals surface area contributed by atoms with Crippen molar-refractivity contribution in [3.8, 4) is 0 Å². The fourth-order valence-corrected chi connectivity index (χ4v) is 2.32. The molecule has 0 unspecified atom stereocenters. The van der Waals surface area contributed by atoms with Crippen LogP contribution in [-0.2, 0) is 13.0 Å². The van der Waals surface area contributed by atoms with Crippen molar-refractivity contribution in [3.63, 3.8) is 0 Å². The van der Waals surface area contributed by atoms with Gasteiger partial charge < -0.3 is 11.1 Å². The molecule has 1 aromatic carbocycles. The Morgan fingerprint density at radius 1 is 1.39 bits per heavy atom. The van der Waals surface area contributed by atoms with Crippen LogP contribution in [0.25, 0.3) is 0 Å². The summed E-state index contributed by atoms with van der Waals surface area (Å²) in [6.07, 6.45) is 2.01. The van der Waals surface area contributed by atoms with Crippen LogP contribution in [0.5, 0.6) is 0 Å². The number of nitrogen functional groups attached to an aromatic ring is 1. The van der Waals surface area contributed by atoms with Gasteiger partial charge >= 0.3 is 0 Å². The van der Waals surface area contributed by atoms with Crippen LogP contribution in [0.15, 0.2) is 18.2 Å². The molecule has 0 amide bonds. The Morgan fingerprint density at radius 3 is 3.00 bits per heavy atom.